The molecule has 0 spiro atoms. The van der Waals surface area contributed by atoms with E-state index in [1.807, 2.05) is 55.5 Å². The minimum atomic E-state index is -0.221. The van der Waals surface area contributed by atoms with Crippen molar-refractivity contribution in [1.82, 2.24) is 30.4 Å². The molecule has 2 heterocycles. The van der Waals surface area contributed by atoms with E-state index in [-0.39, 0.29) is 5.91 Å². The molecule has 0 aliphatic heterocycles. The first-order chi connectivity index (χ1) is 14.9. The monoisotopic (exact) mass is 450 g/mol. The molecule has 0 unspecified atom stereocenters. The third-order valence-corrected chi connectivity index (χ3v) is 6.06. The molecule has 4 aromatic rings. The highest BCUT2D eigenvalue weighted by Gasteiger charge is 2.11. The molecule has 158 valence electrons. The number of fused-ring (bicyclic) bond motifs is 1. The number of aryl methyl sites for hydroxylation is 1. The number of carbonyl (C=O) groups excluding carboxylic acids is 1. The normalized spacial score (nSPS) is 11.1. The van der Waals surface area contributed by atoms with Crippen LogP contribution < -0.4 is 10.6 Å². The maximum absolute atomic E-state index is 12.4. The highest BCUT2D eigenvalue weighted by atomic mass is 32.1. The van der Waals surface area contributed by atoms with Crippen LogP contribution in [0.1, 0.15) is 47.1 Å². The number of rotatable bonds is 5. The molecule has 0 radical (unpaired) electrons. The summed E-state index contributed by atoms with van der Waals surface area (Å²) < 4.78 is 1.74. The van der Waals surface area contributed by atoms with Crippen molar-refractivity contribution >= 4 is 39.5 Å². The van der Waals surface area contributed by atoms with E-state index in [0.717, 1.165) is 26.9 Å². The van der Waals surface area contributed by atoms with Crippen molar-refractivity contribution in [2.24, 2.45) is 0 Å². The van der Waals surface area contributed by atoms with Crippen LogP contribution in [0.4, 0.5) is 0 Å². The minimum absolute atomic E-state index is 0.221. The Labute approximate surface area is 189 Å². The highest BCUT2D eigenvalue weighted by Crippen LogP contribution is 2.25. The number of carbonyl (C=O) groups is 1. The molecule has 2 aromatic carbocycles. The largest absolute Gasteiger partial charge is 0.358 e. The van der Waals surface area contributed by atoms with Gasteiger partial charge in [0.25, 0.3) is 5.91 Å². The second-order valence-corrected chi connectivity index (χ2v) is 8.82. The number of nitrogens with zero attached hydrogens (tertiary/aromatic N) is 4. The van der Waals surface area contributed by atoms with Gasteiger partial charge in [0.2, 0.25) is 4.96 Å². The second kappa shape index (κ2) is 8.91. The zero-order valence-electron chi connectivity index (χ0n) is 17.4. The van der Waals surface area contributed by atoms with Gasteiger partial charge in [-0.1, -0.05) is 61.6 Å². The first-order valence-electron chi connectivity index (χ1n) is 9.88. The summed E-state index contributed by atoms with van der Waals surface area (Å²) in [5.41, 5.74) is 3.83. The van der Waals surface area contributed by atoms with E-state index in [1.165, 1.54) is 16.9 Å². The van der Waals surface area contributed by atoms with Gasteiger partial charge in [0.15, 0.2) is 10.9 Å². The number of aromatic nitrogens is 4. The third-order valence-electron chi connectivity index (χ3n) is 4.87. The SMILES string of the molecule is Cc1nnc2sc(-c3ccc(CNC(=S)NC(=O)c4ccc(C(C)C)cc4)cc3)nn12. The van der Waals surface area contributed by atoms with Gasteiger partial charge in [0, 0.05) is 17.7 Å². The molecule has 4 rings (SSSR count). The fourth-order valence-electron chi connectivity index (χ4n) is 3.02. The maximum atomic E-state index is 12.4. The van der Waals surface area contributed by atoms with Gasteiger partial charge in [-0.05, 0) is 48.3 Å². The maximum Gasteiger partial charge on any atom is 0.257 e. The van der Waals surface area contributed by atoms with E-state index in [4.69, 9.17) is 12.2 Å². The van der Waals surface area contributed by atoms with Crippen LogP contribution in [-0.2, 0) is 6.54 Å². The predicted molar refractivity (Wildman–Crippen MR) is 126 cm³/mol. The van der Waals surface area contributed by atoms with Gasteiger partial charge in [-0.2, -0.15) is 9.61 Å². The van der Waals surface area contributed by atoms with Gasteiger partial charge in [0.05, 0.1) is 0 Å². The van der Waals surface area contributed by atoms with E-state index in [1.54, 1.807) is 4.52 Å². The van der Waals surface area contributed by atoms with Gasteiger partial charge in [-0.15, -0.1) is 10.2 Å². The molecule has 2 N–H and O–H groups in total. The van der Waals surface area contributed by atoms with Crippen molar-refractivity contribution in [3.8, 4) is 10.6 Å². The first kappa shape index (κ1) is 21.1. The Morgan fingerprint density at radius 2 is 1.81 bits per heavy atom. The Kier molecular flexibility index (Phi) is 6.06. The van der Waals surface area contributed by atoms with Crippen LogP contribution in [0.3, 0.4) is 0 Å². The summed E-state index contributed by atoms with van der Waals surface area (Å²) in [5.74, 6) is 0.973. The van der Waals surface area contributed by atoms with E-state index < -0.39 is 0 Å². The molecule has 0 aliphatic carbocycles. The van der Waals surface area contributed by atoms with Gasteiger partial charge < -0.3 is 5.32 Å². The zero-order chi connectivity index (χ0) is 22.0. The summed E-state index contributed by atoms with van der Waals surface area (Å²) in [7, 11) is 0. The van der Waals surface area contributed by atoms with E-state index in [2.05, 4.69) is 39.8 Å². The van der Waals surface area contributed by atoms with Crippen LogP contribution in [0.15, 0.2) is 48.5 Å². The fraction of sp³-hybridized carbons (Fsp3) is 0.227. The number of hydrogen-bond acceptors (Lipinski definition) is 6. The number of nitrogens with one attached hydrogen (secondary N) is 2. The summed E-state index contributed by atoms with van der Waals surface area (Å²) in [6.45, 7) is 6.62. The Bertz CT molecular complexity index is 1230. The molecule has 0 bridgehead atoms. The lowest BCUT2D eigenvalue weighted by atomic mass is 10.0. The number of hydrogen-bond donors (Lipinski definition) is 2. The summed E-state index contributed by atoms with van der Waals surface area (Å²) in [4.78, 5) is 13.1. The quantitative estimate of drug-likeness (QED) is 0.446. The predicted octanol–water partition coefficient (Wildman–Crippen LogP) is 4.09. The Morgan fingerprint density at radius 1 is 1.10 bits per heavy atom. The molecule has 2 aromatic heterocycles. The second-order valence-electron chi connectivity index (χ2n) is 7.46. The number of benzene rings is 2. The molecule has 0 aliphatic rings. The van der Waals surface area contributed by atoms with Crippen LogP contribution in [0.5, 0.6) is 0 Å². The molecule has 1 amide bonds. The Hall–Kier alpha value is -3.17. The van der Waals surface area contributed by atoms with Gasteiger partial charge in [-0.3, -0.25) is 10.1 Å². The molecule has 9 heteroatoms. The van der Waals surface area contributed by atoms with Crippen molar-refractivity contribution in [2.75, 3.05) is 0 Å². The first-order valence-corrected chi connectivity index (χ1v) is 11.1. The molecule has 0 atom stereocenters. The van der Waals surface area contributed by atoms with Gasteiger partial charge in [0.1, 0.15) is 5.01 Å². The Balaban J connectivity index is 1.32. The zero-order valence-corrected chi connectivity index (χ0v) is 19.0. The van der Waals surface area contributed by atoms with Crippen molar-refractivity contribution in [2.45, 2.75) is 33.2 Å². The van der Waals surface area contributed by atoms with Crippen LogP contribution in [0.25, 0.3) is 15.5 Å². The Morgan fingerprint density at radius 3 is 2.45 bits per heavy atom. The van der Waals surface area contributed by atoms with Crippen molar-refractivity contribution in [3.05, 3.63) is 71.0 Å². The highest BCUT2D eigenvalue weighted by molar-refractivity contribution is 7.80. The van der Waals surface area contributed by atoms with E-state index >= 15 is 0 Å². The lowest BCUT2D eigenvalue weighted by molar-refractivity contribution is 0.0976. The molecular weight excluding hydrogens is 428 g/mol. The van der Waals surface area contributed by atoms with Crippen LogP contribution in [-0.4, -0.2) is 30.8 Å². The molecule has 31 heavy (non-hydrogen) atoms. The van der Waals surface area contributed by atoms with E-state index in [9.17, 15) is 4.79 Å². The molecular formula is C22H22N6OS2. The van der Waals surface area contributed by atoms with Gasteiger partial charge >= 0.3 is 0 Å². The lowest BCUT2D eigenvalue weighted by Crippen LogP contribution is -2.38. The fourth-order valence-corrected chi connectivity index (χ4v) is 4.07. The average Bonchev–Trinajstić information content (AvgIpc) is 3.35. The smallest absolute Gasteiger partial charge is 0.257 e. The van der Waals surface area contributed by atoms with Crippen LogP contribution in [0, 0.1) is 6.92 Å². The van der Waals surface area contributed by atoms with Crippen molar-refractivity contribution in [3.63, 3.8) is 0 Å². The molecule has 0 saturated heterocycles. The van der Waals surface area contributed by atoms with E-state index in [0.29, 0.717) is 23.1 Å². The standard InChI is InChI=1S/C22H22N6OS2/c1-13(2)16-8-10-17(11-9-16)19(29)24-21(30)23-12-15-4-6-18(7-5-15)20-27-28-14(3)25-26-22(28)31-20/h4-11,13H,12H2,1-3H3,(H2,23,24,29,30). The summed E-state index contributed by atoms with van der Waals surface area (Å²) in [5, 5.41) is 19.6. The summed E-state index contributed by atoms with van der Waals surface area (Å²) in [6.07, 6.45) is 0. The van der Waals surface area contributed by atoms with Crippen molar-refractivity contribution in [1.29, 1.82) is 0 Å². The third kappa shape index (κ3) is 4.78. The average molecular weight is 451 g/mol. The molecule has 7 nitrogen and oxygen atoms in total. The molecule has 0 fully saturated rings. The van der Waals surface area contributed by atoms with Gasteiger partial charge in [-0.25, -0.2) is 0 Å². The lowest BCUT2D eigenvalue weighted by Gasteiger charge is -2.11. The number of thiocarbonyl (C=S) groups is 1. The molecule has 0 saturated carbocycles. The van der Waals surface area contributed by atoms with Crippen molar-refractivity contribution < 1.29 is 4.79 Å². The van der Waals surface area contributed by atoms with Crippen LogP contribution in [0.2, 0.25) is 0 Å². The number of amides is 1. The summed E-state index contributed by atoms with van der Waals surface area (Å²) in [6, 6.07) is 15.6. The minimum Gasteiger partial charge on any atom is -0.358 e. The topological polar surface area (TPSA) is 84.2 Å². The van der Waals surface area contributed by atoms with Crippen LogP contribution >= 0.6 is 23.6 Å². The summed E-state index contributed by atoms with van der Waals surface area (Å²) >= 11 is 6.77.